The maximum absolute atomic E-state index is 13.4. The second kappa shape index (κ2) is 10.4. The van der Waals surface area contributed by atoms with E-state index in [1.54, 1.807) is 45.0 Å². The summed E-state index contributed by atoms with van der Waals surface area (Å²) in [6.45, 7) is 7.70. The SMILES string of the molecule is CC(C)(C)NS(=O)(=O)c1cccc(NC(=O)c2ccc(NCCCO)nc2N2CCC3(CC2)CC3)c1. The number of nitrogens with one attached hydrogen (secondary N) is 3. The van der Waals surface area contributed by atoms with E-state index in [0.717, 1.165) is 25.9 Å². The first-order valence-corrected chi connectivity index (χ1v) is 14.0. The molecule has 9 nitrogen and oxygen atoms in total. The zero-order valence-electron chi connectivity index (χ0n) is 21.3. The molecule has 2 aliphatic rings. The number of aromatic nitrogens is 1. The number of benzene rings is 1. The van der Waals surface area contributed by atoms with Gasteiger partial charge in [0.25, 0.3) is 5.91 Å². The minimum Gasteiger partial charge on any atom is -0.396 e. The maximum Gasteiger partial charge on any atom is 0.259 e. The third-order valence-corrected chi connectivity index (χ3v) is 8.44. The highest BCUT2D eigenvalue weighted by Gasteiger charge is 2.45. The Labute approximate surface area is 213 Å². The van der Waals surface area contributed by atoms with Crippen molar-refractivity contribution >= 4 is 33.3 Å². The van der Waals surface area contributed by atoms with E-state index in [2.05, 4.69) is 20.3 Å². The number of nitrogens with zero attached hydrogens (tertiary/aromatic N) is 2. The molecule has 2 heterocycles. The zero-order chi connectivity index (χ0) is 26.0. The van der Waals surface area contributed by atoms with Crippen molar-refractivity contribution in [1.29, 1.82) is 0 Å². The van der Waals surface area contributed by atoms with Crippen LogP contribution in [0, 0.1) is 5.41 Å². The van der Waals surface area contributed by atoms with E-state index in [9.17, 15) is 13.2 Å². The number of hydrogen-bond acceptors (Lipinski definition) is 7. The molecule has 1 aromatic carbocycles. The molecule has 0 atom stereocenters. The van der Waals surface area contributed by atoms with Gasteiger partial charge in [-0.15, -0.1) is 0 Å². The smallest absolute Gasteiger partial charge is 0.259 e. The van der Waals surface area contributed by atoms with E-state index < -0.39 is 15.6 Å². The molecule has 1 amide bonds. The number of rotatable bonds is 9. The molecule has 0 bridgehead atoms. The molecule has 4 N–H and O–H groups in total. The number of piperidine rings is 1. The van der Waals surface area contributed by atoms with E-state index >= 15 is 0 Å². The molecule has 2 aromatic rings. The standard InChI is InChI=1S/C26H37N5O4S/c1-25(2,3)30-36(34,35)20-7-4-6-19(18-20)28-24(33)21-8-9-22(27-14-5-17-32)29-23(21)31-15-12-26(10-11-26)13-16-31/h4,6-9,18,30,32H,5,10-17H2,1-3H3,(H,27,29)(H,28,33). The number of aliphatic hydroxyl groups excluding tert-OH is 1. The lowest BCUT2D eigenvalue weighted by Crippen LogP contribution is -2.40. The molecule has 0 radical (unpaired) electrons. The average Bonchev–Trinajstić information content (AvgIpc) is 3.57. The van der Waals surface area contributed by atoms with Crippen LogP contribution in [0.15, 0.2) is 41.3 Å². The Balaban J connectivity index is 1.56. The minimum absolute atomic E-state index is 0.0859. The first-order chi connectivity index (χ1) is 17.0. The summed E-state index contributed by atoms with van der Waals surface area (Å²) in [6.07, 6.45) is 5.37. The Morgan fingerprint density at radius 1 is 1.11 bits per heavy atom. The summed E-state index contributed by atoms with van der Waals surface area (Å²) >= 11 is 0. The molecule has 1 saturated heterocycles. The summed E-state index contributed by atoms with van der Waals surface area (Å²) in [5, 5.41) is 15.1. The van der Waals surface area contributed by atoms with Gasteiger partial charge in [0.2, 0.25) is 10.0 Å². The van der Waals surface area contributed by atoms with Crippen LogP contribution in [0.5, 0.6) is 0 Å². The first-order valence-electron chi connectivity index (χ1n) is 12.6. The molecular formula is C26H37N5O4S. The molecule has 196 valence electrons. The van der Waals surface area contributed by atoms with Crippen LogP contribution in [0.25, 0.3) is 0 Å². The number of anilines is 3. The van der Waals surface area contributed by atoms with E-state index in [1.165, 1.54) is 25.0 Å². The van der Waals surface area contributed by atoms with Crippen LogP contribution >= 0.6 is 0 Å². The highest BCUT2D eigenvalue weighted by Crippen LogP contribution is 2.54. The number of amides is 1. The fraction of sp³-hybridized carbons (Fsp3) is 0.538. The third kappa shape index (κ3) is 6.54. The van der Waals surface area contributed by atoms with Crippen molar-refractivity contribution in [1.82, 2.24) is 9.71 Å². The summed E-state index contributed by atoms with van der Waals surface area (Å²) in [7, 11) is -3.74. The summed E-state index contributed by atoms with van der Waals surface area (Å²) in [4.78, 5) is 20.4. The molecule has 0 unspecified atom stereocenters. The van der Waals surface area contributed by atoms with Crippen LogP contribution < -0.4 is 20.3 Å². The fourth-order valence-electron chi connectivity index (χ4n) is 4.53. The molecule has 1 aliphatic carbocycles. The monoisotopic (exact) mass is 515 g/mol. The van der Waals surface area contributed by atoms with Gasteiger partial charge in [-0.2, -0.15) is 0 Å². The largest absolute Gasteiger partial charge is 0.396 e. The van der Waals surface area contributed by atoms with Crippen LogP contribution in [-0.2, 0) is 10.0 Å². The number of aliphatic hydroxyl groups is 1. The molecule has 1 spiro atoms. The topological polar surface area (TPSA) is 124 Å². The average molecular weight is 516 g/mol. The second-order valence-corrected chi connectivity index (χ2v) is 12.6. The van der Waals surface area contributed by atoms with Gasteiger partial charge in [0.1, 0.15) is 11.6 Å². The van der Waals surface area contributed by atoms with Crippen LogP contribution in [-0.4, -0.2) is 56.2 Å². The quantitative estimate of drug-likeness (QED) is 0.376. The molecule has 2 fully saturated rings. The van der Waals surface area contributed by atoms with Crippen molar-refractivity contribution in [2.75, 3.05) is 41.8 Å². The van der Waals surface area contributed by atoms with Crippen molar-refractivity contribution in [3.8, 4) is 0 Å². The van der Waals surface area contributed by atoms with Crippen molar-refractivity contribution in [3.05, 3.63) is 42.0 Å². The molecule has 1 aliphatic heterocycles. The Morgan fingerprint density at radius 2 is 1.83 bits per heavy atom. The third-order valence-electron chi connectivity index (χ3n) is 6.68. The number of carbonyl (C=O) groups excluding carboxylic acids is 1. The minimum atomic E-state index is -3.74. The molecule has 10 heteroatoms. The van der Waals surface area contributed by atoms with Crippen molar-refractivity contribution in [2.24, 2.45) is 5.41 Å². The van der Waals surface area contributed by atoms with Gasteiger partial charge in [0, 0.05) is 37.5 Å². The van der Waals surface area contributed by atoms with Crippen molar-refractivity contribution in [2.45, 2.75) is 63.3 Å². The lowest BCUT2D eigenvalue weighted by Gasteiger charge is -2.34. The second-order valence-electron chi connectivity index (χ2n) is 10.9. The maximum atomic E-state index is 13.4. The Hall–Kier alpha value is -2.69. The Bertz CT molecular complexity index is 1200. The predicted octanol–water partition coefficient (Wildman–Crippen LogP) is 3.59. The lowest BCUT2D eigenvalue weighted by atomic mass is 9.93. The van der Waals surface area contributed by atoms with E-state index in [4.69, 9.17) is 10.1 Å². The van der Waals surface area contributed by atoms with E-state index in [0.29, 0.717) is 41.3 Å². The highest BCUT2D eigenvalue weighted by atomic mass is 32.2. The Morgan fingerprint density at radius 3 is 2.47 bits per heavy atom. The van der Waals surface area contributed by atoms with E-state index in [1.807, 2.05) is 0 Å². The van der Waals surface area contributed by atoms with Gasteiger partial charge in [-0.3, -0.25) is 4.79 Å². The fourth-order valence-corrected chi connectivity index (χ4v) is 6.00. The van der Waals surface area contributed by atoms with E-state index in [-0.39, 0.29) is 17.4 Å². The van der Waals surface area contributed by atoms with Crippen LogP contribution in [0.4, 0.5) is 17.3 Å². The number of sulfonamides is 1. The molecule has 1 aromatic heterocycles. The first kappa shape index (κ1) is 26.4. The number of hydrogen-bond donors (Lipinski definition) is 4. The number of carbonyl (C=O) groups is 1. The molecular weight excluding hydrogens is 478 g/mol. The van der Waals surface area contributed by atoms with Crippen molar-refractivity contribution < 1.29 is 18.3 Å². The molecule has 1 saturated carbocycles. The summed E-state index contributed by atoms with van der Waals surface area (Å²) in [6, 6.07) is 9.76. The van der Waals surface area contributed by atoms with Gasteiger partial charge in [0.15, 0.2) is 0 Å². The number of pyridine rings is 1. The van der Waals surface area contributed by atoms with Gasteiger partial charge in [0.05, 0.1) is 10.5 Å². The van der Waals surface area contributed by atoms with Crippen LogP contribution in [0.2, 0.25) is 0 Å². The molecule has 36 heavy (non-hydrogen) atoms. The normalized spacial score (nSPS) is 17.2. The van der Waals surface area contributed by atoms with Crippen LogP contribution in [0.3, 0.4) is 0 Å². The zero-order valence-corrected chi connectivity index (χ0v) is 22.1. The summed E-state index contributed by atoms with van der Waals surface area (Å²) < 4.78 is 28.1. The van der Waals surface area contributed by atoms with Crippen LogP contribution in [0.1, 0.15) is 63.2 Å². The summed E-state index contributed by atoms with van der Waals surface area (Å²) in [5.74, 6) is 0.933. The predicted molar refractivity (Wildman–Crippen MR) is 142 cm³/mol. The van der Waals surface area contributed by atoms with Gasteiger partial charge >= 0.3 is 0 Å². The van der Waals surface area contributed by atoms with Gasteiger partial charge in [-0.1, -0.05) is 6.07 Å². The molecule has 4 rings (SSSR count). The lowest BCUT2D eigenvalue weighted by molar-refractivity contribution is 0.102. The summed E-state index contributed by atoms with van der Waals surface area (Å²) in [5.41, 5.74) is 0.696. The highest BCUT2D eigenvalue weighted by molar-refractivity contribution is 7.89. The Kier molecular flexibility index (Phi) is 7.59. The van der Waals surface area contributed by atoms with Gasteiger partial charge < -0.3 is 20.6 Å². The van der Waals surface area contributed by atoms with Crippen molar-refractivity contribution in [3.63, 3.8) is 0 Å². The van der Waals surface area contributed by atoms with Gasteiger partial charge in [-0.25, -0.2) is 18.1 Å². The van der Waals surface area contributed by atoms with Gasteiger partial charge in [-0.05, 0) is 88.6 Å².